The van der Waals surface area contributed by atoms with E-state index in [1.165, 1.54) is 26.0 Å². The highest BCUT2D eigenvalue weighted by molar-refractivity contribution is 7.92. The Labute approximate surface area is 158 Å². The monoisotopic (exact) mass is 388 g/mol. The van der Waals surface area contributed by atoms with Crippen LogP contribution in [0.3, 0.4) is 0 Å². The summed E-state index contributed by atoms with van der Waals surface area (Å²) in [6.07, 6.45) is 0.988. The molecule has 0 heterocycles. The van der Waals surface area contributed by atoms with Crippen molar-refractivity contribution in [2.75, 3.05) is 22.4 Å². The highest BCUT2D eigenvalue weighted by Crippen LogP contribution is 2.20. The number of Topliss-reactive ketones (excluding diaryl/α,β-unsaturated/α-hetero) is 2. The zero-order chi connectivity index (χ0) is 20.2. The third-order valence-corrected chi connectivity index (χ3v) is 4.94. The molecule has 0 atom stereocenters. The maximum atomic E-state index is 12.3. The second kappa shape index (κ2) is 8.13. The van der Waals surface area contributed by atoms with Crippen LogP contribution in [0, 0.1) is 0 Å². The fraction of sp³-hybridized carbons (Fsp3) is 0.211. The number of sulfonamides is 1. The van der Waals surface area contributed by atoms with Crippen molar-refractivity contribution in [1.29, 1.82) is 0 Å². The minimum absolute atomic E-state index is 0.0959. The van der Waals surface area contributed by atoms with Gasteiger partial charge in [-0.1, -0.05) is 12.1 Å². The molecule has 0 aliphatic carbocycles. The van der Waals surface area contributed by atoms with Gasteiger partial charge in [0.15, 0.2) is 11.6 Å². The average molecular weight is 388 g/mol. The number of rotatable bonds is 7. The van der Waals surface area contributed by atoms with Crippen LogP contribution >= 0.6 is 0 Å². The molecule has 0 unspecified atom stereocenters. The van der Waals surface area contributed by atoms with E-state index in [1.807, 2.05) is 0 Å². The second-order valence-corrected chi connectivity index (χ2v) is 7.96. The fourth-order valence-electron chi connectivity index (χ4n) is 2.40. The summed E-state index contributed by atoms with van der Waals surface area (Å²) >= 11 is 0. The molecule has 8 heteroatoms. The molecule has 0 bridgehead atoms. The van der Waals surface area contributed by atoms with E-state index in [4.69, 9.17) is 0 Å². The van der Waals surface area contributed by atoms with E-state index >= 15 is 0 Å². The maximum absolute atomic E-state index is 12.3. The van der Waals surface area contributed by atoms with Crippen LogP contribution in [0.4, 0.5) is 11.4 Å². The number of benzene rings is 2. The Morgan fingerprint density at radius 2 is 1.52 bits per heavy atom. The molecule has 0 radical (unpaired) electrons. The minimum atomic E-state index is -3.75. The van der Waals surface area contributed by atoms with Gasteiger partial charge in [-0.15, -0.1) is 0 Å². The van der Waals surface area contributed by atoms with Gasteiger partial charge in [0.05, 0.1) is 11.9 Å². The van der Waals surface area contributed by atoms with Crippen LogP contribution in [0.1, 0.15) is 34.6 Å². The maximum Gasteiger partial charge on any atom is 0.245 e. The Kier molecular flexibility index (Phi) is 6.12. The summed E-state index contributed by atoms with van der Waals surface area (Å²) in [5.74, 6) is -0.856. The zero-order valence-electron chi connectivity index (χ0n) is 15.2. The van der Waals surface area contributed by atoms with Crippen molar-refractivity contribution in [2.24, 2.45) is 0 Å². The summed E-state index contributed by atoms with van der Waals surface area (Å²) < 4.78 is 25.2. The molecule has 0 aliphatic rings. The van der Waals surface area contributed by atoms with Crippen LogP contribution in [-0.2, 0) is 14.8 Å². The lowest BCUT2D eigenvalue weighted by Gasteiger charge is -2.22. The van der Waals surface area contributed by atoms with E-state index in [2.05, 4.69) is 5.32 Å². The number of carbonyl (C=O) groups is 3. The number of carbonyl (C=O) groups excluding carboxylic acids is 3. The first-order valence-electron chi connectivity index (χ1n) is 8.07. The Bertz CT molecular complexity index is 981. The lowest BCUT2D eigenvalue weighted by atomic mass is 10.1. The first-order valence-corrected chi connectivity index (χ1v) is 9.92. The van der Waals surface area contributed by atoms with Crippen molar-refractivity contribution >= 4 is 38.9 Å². The highest BCUT2D eigenvalue weighted by atomic mass is 32.2. The first kappa shape index (κ1) is 20.3. The Balaban J connectivity index is 2.21. The quantitative estimate of drug-likeness (QED) is 0.735. The molecule has 27 heavy (non-hydrogen) atoms. The molecule has 0 saturated carbocycles. The van der Waals surface area contributed by atoms with Gasteiger partial charge in [0.25, 0.3) is 0 Å². The highest BCUT2D eigenvalue weighted by Gasteiger charge is 2.21. The van der Waals surface area contributed by atoms with Gasteiger partial charge in [-0.25, -0.2) is 8.42 Å². The molecule has 2 aromatic rings. The van der Waals surface area contributed by atoms with E-state index in [9.17, 15) is 22.8 Å². The summed E-state index contributed by atoms with van der Waals surface area (Å²) in [5, 5.41) is 2.59. The molecule has 0 aliphatic heterocycles. The molecule has 142 valence electrons. The third-order valence-electron chi connectivity index (χ3n) is 3.80. The van der Waals surface area contributed by atoms with Gasteiger partial charge in [0.1, 0.15) is 6.54 Å². The van der Waals surface area contributed by atoms with Crippen molar-refractivity contribution < 1.29 is 22.8 Å². The van der Waals surface area contributed by atoms with Gasteiger partial charge in [0, 0.05) is 16.8 Å². The molecule has 0 saturated heterocycles. The van der Waals surface area contributed by atoms with Crippen LogP contribution in [-0.4, -0.2) is 38.7 Å². The number of hydrogen-bond donors (Lipinski definition) is 1. The molecule has 1 amide bonds. The van der Waals surface area contributed by atoms with Gasteiger partial charge in [-0.3, -0.25) is 18.7 Å². The van der Waals surface area contributed by atoms with E-state index < -0.39 is 22.5 Å². The van der Waals surface area contributed by atoms with Crippen LogP contribution in [0.2, 0.25) is 0 Å². The number of anilines is 2. The standard InChI is InChI=1S/C19H20N2O5S/c1-13(22)15-7-9-17(10-8-15)20-19(24)12-21(27(3,25)26)18-6-4-5-16(11-18)14(2)23/h4-11H,12H2,1-3H3,(H,20,24). The van der Waals surface area contributed by atoms with Gasteiger partial charge in [-0.2, -0.15) is 0 Å². The van der Waals surface area contributed by atoms with Crippen LogP contribution in [0.5, 0.6) is 0 Å². The Morgan fingerprint density at radius 1 is 0.926 bits per heavy atom. The lowest BCUT2D eigenvalue weighted by Crippen LogP contribution is -2.37. The van der Waals surface area contributed by atoms with Crippen LogP contribution in [0.25, 0.3) is 0 Å². The lowest BCUT2D eigenvalue weighted by molar-refractivity contribution is -0.114. The van der Waals surface area contributed by atoms with Crippen molar-refractivity contribution in [2.45, 2.75) is 13.8 Å². The van der Waals surface area contributed by atoms with E-state index in [0.29, 0.717) is 16.8 Å². The van der Waals surface area contributed by atoms with Gasteiger partial charge in [0.2, 0.25) is 15.9 Å². The summed E-state index contributed by atoms with van der Waals surface area (Å²) in [5.41, 5.74) is 1.52. The van der Waals surface area contributed by atoms with Gasteiger partial charge >= 0.3 is 0 Å². The topological polar surface area (TPSA) is 101 Å². The summed E-state index contributed by atoms with van der Waals surface area (Å²) in [7, 11) is -3.75. The minimum Gasteiger partial charge on any atom is -0.325 e. The molecule has 1 N–H and O–H groups in total. The van der Waals surface area contributed by atoms with Gasteiger partial charge < -0.3 is 5.32 Å². The Hall–Kier alpha value is -3.00. The predicted molar refractivity (Wildman–Crippen MR) is 104 cm³/mol. The van der Waals surface area contributed by atoms with Crippen molar-refractivity contribution in [3.05, 3.63) is 59.7 Å². The smallest absolute Gasteiger partial charge is 0.245 e. The molecule has 7 nitrogen and oxygen atoms in total. The largest absolute Gasteiger partial charge is 0.325 e. The number of nitrogens with one attached hydrogen (secondary N) is 1. The fourth-order valence-corrected chi connectivity index (χ4v) is 3.25. The van der Waals surface area contributed by atoms with Crippen LogP contribution in [0.15, 0.2) is 48.5 Å². The van der Waals surface area contributed by atoms with E-state index in [-0.39, 0.29) is 17.3 Å². The normalized spacial score (nSPS) is 10.9. The van der Waals surface area contributed by atoms with Crippen molar-refractivity contribution in [3.63, 3.8) is 0 Å². The molecule has 0 aromatic heterocycles. The SMILES string of the molecule is CC(=O)c1ccc(NC(=O)CN(c2cccc(C(C)=O)c2)S(C)(=O)=O)cc1. The van der Waals surface area contributed by atoms with E-state index in [0.717, 1.165) is 10.6 Å². The molecule has 0 fully saturated rings. The summed E-state index contributed by atoms with van der Waals surface area (Å²) in [6.45, 7) is 2.36. The van der Waals surface area contributed by atoms with Crippen LogP contribution < -0.4 is 9.62 Å². The third kappa shape index (κ3) is 5.49. The molecule has 2 aromatic carbocycles. The molecular formula is C19H20N2O5S. The molecule has 2 rings (SSSR count). The summed E-state index contributed by atoms with van der Waals surface area (Å²) in [4.78, 5) is 35.1. The van der Waals surface area contributed by atoms with E-state index in [1.54, 1.807) is 36.4 Å². The predicted octanol–water partition coefficient (Wildman–Crippen LogP) is 2.50. The molecule has 0 spiro atoms. The van der Waals surface area contributed by atoms with Gasteiger partial charge in [-0.05, 0) is 50.2 Å². The number of hydrogen-bond acceptors (Lipinski definition) is 5. The molecular weight excluding hydrogens is 368 g/mol. The van der Waals surface area contributed by atoms with Crippen molar-refractivity contribution in [3.8, 4) is 0 Å². The number of amides is 1. The van der Waals surface area contributed by atoms with Crippen molar-refractivity contribution in [1.82, 2.24) is 0 Å². The number of ketones is 2. The average Bonchev–Trinajstić information content (AvgIpc) is 2.59. The Morgan fingerprint density at radius 3 is 2.04 bits per heavy atom. The zero-order valence-corrected chi connectivity index (χ0v) is 16.0. The first-order chi connectivity index (χ1) is 12.6. The number of nitrogens with zero attached hydrogens (tertiary/aromatic N) is 1. The second-order valence-electron chi connectivity index (χ2n) is 6.06. The summed E-state index contributed by atoms with van der Waals surface area (Å²) in [6, 6.07) is 12.4.